The van der Waals surface area contributed by atoms with Crippen LogP contribution in [0.5, 0.6) is 0 Å². The standard InChI is InChI=1S/C16H14N6OS2/c1-2-8-24-16-21-20-13(22(16)11-6-4-3-5-7-11)10-25-15-18-12(17)9-14(23)19-15/h1,3-7,9H,8,10H2,(H3,17,18,19,23). The quantitative estimate of drug-likeness (QED) is 0.388. The number of para-hydroxylation sites is 1. The summed E-state index contributed by atoms with van der Waals surface area (Å²) in [7, 11) is 0. The molecule has 7 nitrogen and oxygen atoms in total. The molecule has 25 heavy (non-hydrogen) atoms. The number of terminal acetylenes is 1. The highest BCUT2D eigenvalue weighted by atomic mass is 32.2. The molecule has 3 aromatic rings. The molecule has 1 aromatic carbocycles. The first-order valence-electron chi connectivity index (χ1n) is 7.23. The Balaban J connectivity index is 1.89. The SMILES string of the molecule is C#CCSc1nnc(CSc2nc(N)cc(=O)[nH]2)n1-c1ccccc1. The van der Waals surface area contributed by atoms with E-state index in [1.54, 1.807) is 0 Å². The summed E-state index contributed by atoms with van der Waals surface area (Å²) in [4.78, 5) is 18.2. The third-order valence-corrected chi connectivity index (χ3v) is 4.78. The number of anilines is 1. The van der Waals surface area contributed by atoms with E-state index < -0.39 is 0 Å². The maximum atomic E-state index is 11.5. The van der Waals surface area contributed by atoms with Crippen molar-refractivity contribution < 1.29 is 0 Å². The first-order valence-corrected chi connectivity index (χ1v) is 9.20. The number of nitrogens with two attached hydrogens (primary N) is 1. The minimum absolute atomic E-state index is 0.182. The molecule has 2 aromatic heterocycles. The van der Waals surface area contributed by atoms with Crippen LogP contribution in [-0.2, 0) is 5.75 Å². The van der Waals surface area contributed by atoms with Crippen molar-refractivity contribution in [1.29, 1.82) is 0 Å². The van der Waals surface area contributed by atoms with Crippen LogP contribution in [0.15, 0.2) is 51.5 Å². The molecular formula is C16H14N6OS2. The van der Waals surface area contributed by atoms with E-state index in [0.29, 0.717) is 21.8 Å². The minimum Gasteiger partial charge on any atom is -0.383 e. The molecule has 0 saturated heterocycles. The number of nitrogens with zero attached hydrogens (tertiary/aromatic N) is 4. The maximum absolute atomic E-state index is 11.5. The molecule has 3 rings (SSSR count). The van der Waals surface area contributed by atoms with Gasteiger partial charge in [-0.3, -0.25) is 9.36 Å². The van der Waals surface area contributed by atoms with Crippen LogP contribution in [0, 0.1) is 12.3 Å². The summed E-state index contributed by atoms with van der Waals surface area (Å²) in [5.74, 6) is 4.46. The average Bonchev–Trinajstić information content (AvgIpc) is 3.01. The fourth-order valence-electron chi connectivity index (χ4n) is 2.08. The highest BCUT2D eigenvalue weighted by Gasteiger charge is 2.15. The van der Waals surface area contributed by atoms with Crippen LogP contribution >= 0.6 is 23.5 Å². The summed E-state index contributed by atoms with van der Waals surface area (Å²) >= 11 is 2.77. The van der Waals surface area contributed by atoms with Crippen LogP contribution < -0.4 is 11.3 Å². The highest BCUT2D eigenvalue weighted by Crippen LogP contribution is 2.25. The van der Waals surface area contributed by atoms with Crippen LogP contribution in [0.25, 0.3) is 5.69 Å². The molecule has 0 spiro atoms. The smallest absolute Gasteiger partial charge is 0.253 e. The Hall–Kier alpha value is -2.70. The van der Waals surface area contributed by atoms with Gasteiger partial charge in [0, 0.05) is 11.8 Å². The molecule has 0 aliphatic rings. The Bertz CT molecular complexity index is 961. The lowest BCUT2D eigenvalue weighted by atomic mass is 10.3. The summed E-state index contributed by atoms with van der Waals surface area (Å²) in [6.45, 7) is 0. The lowest BCUT2D eigenvalue weighted by molar-refractivity contribution is 0.864. The Morgan fingerprint density at radius 3 is 2.76 bits per heavy atom. The Kier molecular flexibility index (Phi) is 5.42. The summed E-state index contributed by atoms with van der Waals surface area (Å²) in [6, 6.07) is 11.0. The predicted molar refractivity (Wildman–Crippen MR) is 99.7 cm³/mol. The van der Waals surface area contributed by atoms with Crippen molar-refractivity contribution in [2.24, 2.45) is 0 Å². The van der Waals surface area contributed by atoms with Gasteiger partial charge in [-0.2, -0.15) is 0 Å². The van der Waals surface area contributed by atoms with Gasteiger partial charge in [0.05, 0.1) is 11.5 Å². The van der Waals surface area contributed by atoms with Gasteiger partial charge in [-0.05, 0) is 12.1 Å². The van der Waals surface area contributed by atoms with Crippen LogP contribution in [0.1, 0.15) is 5.82 Å². The van der Waals surface area contributed by atoms with Gasteiger partial charge in [0.25, 0.3) is 5.56 Å². The Morgan fingerprint density at radius 1 is 1.24 bits per heavy atom. The van der Waals surface area contributed by atoms with Gasteiger partial charge in [0.1, 0.15) is 11.6 Å². The zero-order chi connectivity index (χ0) is 17.6. The van der Waals surface area contributed by atoms with Gasteiger partial charge in [-0.15, -0.1) is 16.6 Å². The van der Waals surface area contributed by atoms with Gasteiger partial charge in [0.15, 0.2) is 10.3 Å². The van der Waals surface area contributed by atoms with E-state index in [2.05, 4.69) is 26.1 Å². The number of aromatic nitrogens is 5. The van der Waals surface area contributed by atoms with E-state index in [4.69, 9.17) is 12.2 Å². The van der Waals surface area contributed by atoms with Crippen molar-refractivity contribution in [1.82, 2.24) is 24.7 Å². The second-order valence-electron chi connectivity index (χ2n) is 4.83. The number of hydrogen-bond donors (Lipinski definition) is 2. The number of benzene rings is 1. The third kappa shape index (κ3) is 4.23. The lowest BCUT2D eigenvalue weighted by Crippen LogP contribution is -2.09. The summed E-state index contributed by atoms with van der Waals surface area (Å²) in [5.41, 5.74) is 6.26. The topological polar surface area (TPSA) is 102 Å². The number of nitrogens with one attached hydrogen (secondary N) is 1. The number of hydrogen-bond acceptors (Lipinski definition) is 7. The van der Waals surface area contributed by atoms with Crippen molar-refractivity contribution in [2.75, 3.05) is 11.5 Å². The van der Waals surface area contributed by atoms with Crippen molar-refractivity contribution >= 4 is 29.3 Å². The zero-order valence-corrected chi connectivity index (χ0v) is 14.7. The molecule has 0 bridgehead atoms. The second kappa shape index (κ2) is 7.92. The van der Waals surface area contributed by atoms with Crippen molar-refractivity contribution in [3.05, 3.63) is 52.6 Å². The predicted octanol–water partition coefficient (Wildman–Crippen LogP) is 1.95. The second-order valence-corrected chi connectivity index (χ2v) is 6.73. The van der Waals surface area contributed by atoms with Gasteiger partial charge in [-0.1, -0.05) is 47.6 Å². The summed E-state index contributed by atoms with van der Waals surface area (Å²) in [5, 5.41) is 9.64. The number of rotatable bonds is 6. The van der Waals surface area contributed by atoms with E-state index >= 15 is 0 Å². The van der Waals surface area contributed by atoms with E-state index in [9.17, 15) is 4.79 Å². The molecule has 0 fully saturated rings. The summed E-state index contributed by atoms with van der Waals surface area (Å²) in [6.07, 6.45) is 5.35. The molecule has 0 amide bonds. The monoisotopic (exact) mass is 370 g/mol. The average molecular weight is 370 g/mol. The van der Waals surface area contributed by atoms with E-state index in [1.165, 1.54) is 29.6 Å². The number of thioether (sulfide) groups is 2. The van der Waals surface area contributed by atoms with Crippen LogP contribution in [-0.4, -0.2) is 30.5 Å². The molecule has 0 radical (unpaired) electrons. The van der Waals surface area contributed by atoms with Crippen molar-refractivity contribution in [2.45, 2.75) is 16.1 Å². The number of nitrogen functional groups attached to an aromatic ring is 1. The van der Waals surface area contributed by atoms with Crippen LogP contribution in [0.4, 0.5) is 5.82 Å². The van der Waals surface area contributed by atoms with Gasteiger partial charge >= 0.3 is 0 Å². The first-order chi connectivity index (χ1) is 12.2. The maximum Gasteiger partial charge on any atom is 0.253 e. The molecule has 9 heteroatoms. The fourth-order valence-corrected chi connectivity index (χ4v) is 3.53. The molecule has 126 valence electrons. The zero-order valence-electron chi connectivity index (χ0n) is 13.0. The molecule has 0 saturated carbocycles. The van der Waals surface area contributed by atoms with Gasteiger partial charge < -0.3 is 10.7 Å². The molecule has 0 atom stereocenters. The van der Waals surface area contributed by atoms with Crippen LogP contribution in [0.2, 0.25) is 0 Å². The molecule has 0 unspecified atom stereocenters. The number of aromatic amines is 1. The fraction of sp³-hybridized carbons (Fsp3) is 0.125. The Morgan fingerprint density at radius 2 is 2.04 bits per heavy atom. The minimum atomic E-state index is -0.287. The Labute approximate surface area is 152 Å². The molecular weight excluding hydrogens is 356 g/mol. The van der Waals surface area contributed by atoms with E-state index in [-0.39, 0.29) is 11.4 Å². The van der Waals surface area contributed by atoms with E-state index in [1.807, 2.05) is 34.9 Å². The van der Waals surface area contributed by atoms with E-state index in [0.717, 1.165) is 11.5 Å². The van der Waals surface area contributed by atoms with Crippen LogP contribution in [0.3, 0.4) is 0 Å². The largest absolute Gasteiger partial charge is 0.383 e. The molecule has 3 N–H and O–H groups in total. The highest BCUT2D eigenvalue weighted by molar-refractivity contribution is 7.99. The lowest BCUT2D eigenvalue weighted by Gasteiger charge is -2.09. The normalized spacial score (nSPS) is 10.5. The number of H-pyrrole nitrogens is 1. The summed E-state index contributed by atoms with van der Waals surface area (Å²) < 4.78 is 1.94. The molecule has 2 heterocycles. The third-order valence-electron chi connectivity index (χ3n) is 3.08. The van der Waals surface area contributed by atoms with Crippen molar-refractivity contribution in [3.8, 4) is 18.0 Å². The molecule has 0 aliphatic heterocycles. The first kappa shape index (κ1) is 17.1. The molecule has 0 aliphatic carbocycles. The van der Waals surface area contributed by atoms with Crippen molar-refractivity contribution in [3.63, 3.8) is 0 Å². The van der Waals surface area contributed by atoms with Gasteiger partial charge in [0.2, 0.25) is 0 Å². The van der Waals surface area contributed by atoms with Gasteiger partial charge in [-0.25, -0.2) is 4.98 Å².